The van der Waals surface area contributed by atoms with Crippen LogP contribution < -0.4 is 5.32 Å². The number of carbonyl (C=O) groups is 1. The molecule has 0 fully saturated rings. The van der Waals surface area contributed by atoms with Crippen molar-refractivity contribution >= 4 is 21.8 Å². The Morgan fingerprint density at radius 1 is 1.04 bits per heavy atom. The van der Waals surface area contributed by atoms with E-state index in [4.69, 9.17) is 0 Å². The van der Waals surface area contributed by atoms with Crippen molar-refractivity contribution in [2.45, 2.75) is 19.3 Å². The van der Waals surface area contributed by atoms with Gasteiger partial charge in [-0.2, -0.15) is 5.10 Å². The van der Waals surface area contributed by atoms with Gasteiger partial charge in [-0.15, -0.1) is 0 Å². The zero-order valence-electron chi connectivity index (χ0n) is 13.9. The topological polar surface area (TPSA) is 46.9 Å². The number of amides is 1. The van der Waals surface area contributed by atoms with Crippen LogP contribution in [0.1, 0.15) is 17.5 Å². The van der Waals surface area contributed by atoms with Gasteiger partial charge in [0, 0.05) is 23.6 Å². The molecule has 1 amide bonds. The van der Waals surface area contributed by atoms with Crippen molar-refractivity contribution in [3.05, 3.63) is 82.6 Å². The second-order valence-electron chi connectivity index (χ2n) is 5.82. The average molecular weight is 398 g/mol. The summed E-state index contributed by atoms with van der Waals surface area (Å²) in [4.78, 5) is 12.0. The van der Waals surface area contributed by atoms with Crippen molar-refractivity contribution in [1.82, 2.24) is 15.1 Å². The summed E-state index contributed by atoms with van der Waals surface area (Å²) in [6.45, 7) is 0.644. The average Bonchev–Trinajstić information content (AvgIpc) is 3.11. The third kappa shape index (κ3) is 5.03. The van der Waals surface area contributed by atoms with E-state index in [1.807, 2.05) is 65.6 Å². The van der Waals surface area contributed by atoms with Crippen LogP contribution >= 0.6 is 15.9 Å². The van der Waals surface area contributed by atoms with Crippen LogP contribution in [0.2, 0.25) is 0 Å². The molecule has 0 aliphatic carbocycles. The van der Waals surface area contributed by atoms with Crippen LogP contribution in [0, 0.1) is 0 Å². The molecular formula is C20H20BrN3O. The van der Waals surface area contributed by atoms with Crippen LogP contribution in [0.5, 0.6) is 0 Å². The molecule has 0 spiro atoms. The Hall–Kier alpha value is -2.40. The molecule has 4 nitrogen and oxygen atoms in total. The van der Waals surface area contributed by atoms with Crippen LogP contribution in [0.3, 0.4) is 0 Å². The Bertz CT molecular complexity index is 830. The predicted octanol–water partition coefficient (Wildman–Crippen LogP) is 3.93. The minimum Gasteiger partial charge on any atom is -0.356 e. The summed E-state index contributed by atoms with van der Waals surface area (Å²) in [5.74, 6) is 0.0690. The van der Waals surface area contributed by atoms with Gasteiger partial charge in [0.1, 0.15) is 0 Å². The van der Waals surface area contributed by atoms with Crippen LogP contribution in [-0.4, -0.2) is 22.2 Å². The van der Waals surface area contributed by atoms with E-state index in [0.29, 0.717) is 19.4 Å². The largest absolute Gasteiger partial charge is 0.356 e. The summed E-state index contributed by atoms with van der Waals surface area (Å²) in [5, 5.41) is 7.34. The fraction of sp³-hybridized carbons (Fsp3) is 0.200. The highest BCUT2D eigenvalue weighted by molar-refractivity contribution is 9.10. The molecule has 3 rings (SSSR count). The second kappa shape index (κ2) is 8.62. The summed E-state index contributed by atoms with van der Waals surface area (Å²) in [5.41, 5.74) is 3.28. The molecule has 0 atom stereocenters. The van der Waals surface area contributed by atoms with E-state index < -0.39 is 0 Å². The first-order chi connectivity index (χ1) is 12.2. The number of para-hydroxylation sites is 1. The Balaban J connectivity index is 1.44. The predicted molar refractivity (Wildman–Crippen MR) is 103 cm³/mol. The minimum absolute atomic E-state index is 0.0690. The van der Waals surface area contributed by atoms with Gasteiger partial charge in [-0.25, -0.2) is 4.68 Å². The lowest BCUT2D eigenvalue weighted by atomic mass is 10.1. The molecule has 5 heteroatoms. The highest BCUT2D eigenvalue weighted by Gasteiger charge is 2.06. The first-order valence-electron chi connectivity index (χ1n) is 8.31. The Labute approximate surface area is 156 Å². The fourth-order valence-corrected chi connectivity index (χ4v) is 3.08. The van der Waals surface area contributed by atoms with E-state index in [9.17, 15) is 4.79 Å². The van der Waals surface area contributed by atoms with Gasteiger partial charge in [-0.05, 0) is 42.2 Å². The maximum atomic E-state index is 12.0. The molecule has 0 aliphatic heterocycles. The lowest BCUT2D eigenvalue weighted by Gasteiger charge is -2.06. The highest BCUT2D eigenvalue weighted by atomic mass is 79.9. The molecular weight excluding hydrogens is 378 g/mol. The van der Waals surface area contributed by atoms with Crippen molar-refractivity contribution in [1.29, 1.82) is 0 Å². The normalized spacial score (nSPS) is 10.6. The maximum absolute atomic E-state index is 12.0. The monoisotopic (exact) mass is 397 g/mol. The van der Waals surface area contributed by atoms with Crippen molar-refractivity contribution < 1.29 is 4.79 Å². The van der Waals surface area contributed by atoms with E-state index in [2.05, 4.69) is 32.4 Å². The zero-order chi connectivity index (χ0) is 17.5. The number of aryl methyl sites for hydroxylation is 1. The lowest BCUT2D eigenvalue weighted by molar-refractivity contribution is -0.121. The summed E-state index contributed by atoms with van der Waals surface area (Å²) >= 11 is 3.52. The third-order valence-corrected chi connectivity index (χ3v) is 4.75. The highest BCUT2D eigenvalue weighted by Crippen LogP contribution is 2.15. The SMILES string of the molecule is O=C(CCc1cnn(-c2ccccc2)c1)NCCc1ccccc1Br. The van der Waals surface area contributed by atoms with E-state index in [0.717, 1.165) is 22.1 Å². The molecule has 1 N–H and O–H groups in total. The molecule has 1 aromatic heterocycles. The van der Waals surface area contributed by atoms with Gasteiger partial charge >= 0.3 is 0 Å². The Kier molecular flexibility index (Phi) is 6.01. The molecule has 0 unspecified atom stereocenters. The maximum Gasteiger partial charge on any atom is 0.220 e. The van der Waals surface area contributed by atoms with Gasteiger partial charge in [0.25, 0.3) is 0 Å². The van der Waals surface area contributed by atoms with E-state index in [-0.39, 0.29) is 5.91 Å². The Morgan fingerprint density at radius 3 is 2.60 bits per heavy atom. The quantitative estimate of drug-likeness (QED) is 0.656. The number of nitrogens with one attached hydrogen (secondary N) is 1. The minimum atomic E-state index is 0.0690. The molecule has 2 aromatic carbocycles. The van der Waals surface area contributed by atoms with Gasteiger partial charge in [0.05, 0.1) is 11.9 Å². The number of rotatable bonds is 7. The van der Waals surface area contributed by atoms with E-state index >= 15 is 0 Å². The fourth-order valence-electron chi connectivity index (χ4n) is 2.60. The van der Waals surface area contributed by atoms with Crippen molar-refractivity contribution in [2.24, 2.45) is 0 Å². The molecule has 0 bridgehead atoms. The third-order valence-electron chi connectivity index (χ3n) is 3.97. The lowest BCUT2D eigenvalue weighted by Crippen LogP contribution is -2.25. The first kappa shape index (κ1) is 17.4. The summed E-state index contributed by atoms with van der Waals surface area (Å²) in [7, 11) is 0. The molecule has 0 radical (unpaired) electrons. The molecule has 0 saturated heterocycles. The number of aromatic nitrogens is 2. The molecule has 3 aromatic rings. The molecule has 128 valence electrons. The number of benzene rings is 2. The summed E-state index contributed by atoms with van der Waals surface area (Å²) < 4.78 is 2.91. The second-order valence-corrected chi connectivity index (χ2v) is 6.67. The van der Waals surface area contributed by atoms with Gasteiger partial charge in [-0.1, -0.05) is 52.3 Å². The Morgan fingerprint density at radius 2 is 1.80 bits per heavy atom. The molecule has 0 saturated carbocycles. The number of nitrogens with zero attached hydrogens (tertiary/aromatic N) is 2. The van der Waals surface area contributed by atoms with E-state index in [1.165, 1.54) is 5.56 Å². The van der Waals surface area contributed by atoms with E-state index in [1.54, 1.807) is 0 Å². The summed E-state index contributed by atoms with van der Waals surface area (Å²) in [6.07, 6.45) is 5.77. The van der Waals surface area contributed by atoms with Crippen molar-refractivity contribution in [3.63, 3.8) is 0 Å². The van der Waals surface area contributed by atoms with Gasteiger partial charge < -0.3 is 5.32 Å². The first-order valence-corrected chi connectivity index (χ1v) is 9.11. The number of carbonyl (C=O) groups excluding carboxylic acids is 1. The van der Waals surface area contributed by atoms with Crippen LogP contribution in [0.25, 0.3) is 5.69 Å². The number of hydrogen-bond donors (Lipinski definition) is 1. The van der Waals surface area contributed by atoms with Crippen molar-refractivity contribution in [3.8, 4) is 5.69 Å². The van der Waals surface area contributed by atoms with Crippen LogP contribution in [0.15, 0.2) is 71.5 Å². The molecule has 1 heterocycles. The standard InChI is InChI=1S/C20H20BrN3O/c21-19-9-5-4-6-17(19)12-13-22-20(25)11-10-16-14-23-24(15-16)18-7-2-1-3-8-18/h1-9,14-15H,10-13H2,(H,22,25). The molecule has 25 heavy (non-hydrogen) atoms. The summed E-state index contributed by atoms with van der Waals surface area (Å²) in [6, 6.07) is 18.0. The van der Waals surface area contributed by atoms with Gasteiger partial charge in [0.15, 0.2) is 0 Å². The van der Waals surface area contributed by atoms with Crippen LogP contribution in [0.4, 0.5) is 0 Å². The van der Waals surface area contributed by atoms with Crippen molar-refractivity contribution in [2.75, 3.05) is 6.54 Å². The van der Waals surface area contributed by atoms with Gasteiger partial charge in [0.2, 0.25) is 5.91 Å². The molecule has 0 aliphatic rings. The number of hydrogen-bond acceptors (Lipinski definition) is 2. The van der Waals surface area contributed by atoms with Crippen LogP contribution in [-0.2, 0) is 17.6 Å². The van der Waals surface area contributed by atoms with Gasteiger partial charge in [-0.3, -0.25) is 4.79 Å². The zero-order valence-corrected chi connectivity index (χ0v) is 15.4. The number of halogens is 1. The smallest absolute Gasteiger partial charge is 0.220 e.